The molecular formula is C80H152O17P2. The number of phosphoric ester groups is 2. The van der Waals surface area contributed by atoms with Crippen LogP contribution >= 0.6 is 15.6 Å². The molecule has 0 amide bonds. The number of hydrogen-bond donors (Lipinski definition) is 3. The number of ether oxygens (including phenoxy) is 4. The van der Waals surface area contributed by atoms with Gasteiger partial charge < -0.3 is 33.8 Å². The van der Waals surface area contributed by atoms with Gasteiger partial charge in [-0.3, -0.25) is 37.3 Å². The van der Waals surface area contributed by atoms with Gasteiger partial charge >= 0.3 is 39.5 Å². The minimum atomic E-state index is -4.97. The van der Waals surface area contributed by atoms with E-state index in [1.165, 1.54) is 218 Å². The van der Waals surface area contributed by atoms with Crippen LogP contribution in [0.15, 0.2) is 24.3 Å². The van der Waals surface area contributed by atoms with Crippen molar-refractivity contribution in [3.8, 4) is 0 Å². The van der Waals surface area contributed by atoms with E-state index in [9.17, 15) is 43.2 Å². The number of aliphatic hydroxyl groups excluding tert-OH is 1. The second-order valence-corrected chi connectivity index (χ2v) is 31.0. The Labute approximate surface area is 605 Å². The highest BCUT2D eigenvalue weighted by Crippen LogP contribution is 2.45. The van der Waals surface area contributed by atoms with Crippen LogP contribution in [0.1, 0.15) is 407 Å². The van der Waals surface area contributed by atoms with Crippen LogP contribution < -0.4 is 0 Å². The van der Waals surface area contributed by atoms with Crippen molar-refractivity contribution in [2.45, 2.75) is 425 Å². The van der Waals surface area contributed by atoms with E-state index in [1.54, 1.807) is 0 Å². The molecule has 0 bridgehead atoms. The average molecular weight is 1450 g/mol. The third-order valence-corrected chi connectivity index (χ3v) is 20.1. The molecule has 0 aromatic heterocycles. The van der Waals surface area contributed by atoms with E-state index in [1.807, 2.05) is 0 Å². The van der Waals surface area contributed by atoms with Crippen LogP contribution in [0.5, 0.6) is 0 Å². The molecule has 2 unspecified atom stereocenters. The fourth-order valence-electron chi connectivity index (χ4n) is 11.9. The second-order valence-electron chi connectivity index (χ2n) is 28.1. The van der Waals surface area contributed by atoms with Crippen molar-refractivity contribution in [3.05, 3.63) is 24.3 Å². The quantitative estimate of drug-likeness (QED) is 0.0169. The molecule has 0 radical (unpaired) electrons. The number of rotatable bonds is 79. The van der Waals surface area contributed by atoms with Crippen molar-refractivity contribution in [2.75, 3.05) is 39.6 Å². The molecule has 0 aromatic rings. The summed E-state index contributed by atoms with van der Waals surface area (Å²) in [6.07, 6.45) is 68.6. The fourth-order valence-corrected chi connectivity index (χ4v) is 13.5. The molecule has 17 nitrogen and oxygen atoms in total. The summed E-state index contributed by atoms with van der Waals surface area (Å²) >= 11 is 0. The summed E-state index contributed by atoms with van der Waals surface area (Å²) in [6.45, 7) is 4.96. The van der Waals surface area contributed by atoms with E-state index in [0.29, 0.717) is 25.7 Å². The zero-order valence-electron chi connectivity index (χ0n) is 64.0. The molecule has 0 aromatic carbocycles. The molecule has 0 aliphatic rings. The lowest BCUT2D eigenvalue weighted by molar-refractivity contribution is -0.161. The Morgan fingerprint density at radius 2 is 0.485 bits per heavy atom. The van der Waals surface area contributed by atoms with Gasteiger partial charge in [-0.25, -0.2) is 9.13 Å². The van der Waals surface area contributed by atoms with E-state index >= 15 is 0 Å². The molecule has 0 spiro atoms. The molecule has 0 fully saturated rings. The van der Waals surface area contributed by atoms with Crippen LogP contribution in [0.2, 0.25) is 0 Å². The summed E-state index contributed by atoms with van der Waals surface area (Å²) in [4.78, 5) is 73.0. The molecule has 0 aliphatic heterocycles. The number of unbranched alkanes of at least 4 members (excludes halogenated alkanes) is 50. The summed E-state index contributed by atoms with van der Waals surface area (Å²) in [5, 5.41) is 10.6. The predicted molar refractivity (Wildman–Crippen MR) is 405 cm³/mol. The largest absolute Gasteiger partial charge is 0.472 e. The minimum Gasteiger partial charge on any atom is -0.462 e. The van der Waals surface area contributed by atoms with Crippen LogP contribution in [0, 0.1) is 0 Å². The van der Waals surface area contributed by atoms with Gasteiger partial charge in [-0.1, -0.05) is 354 Å². The van der Waals surface area contributed by atoms with Gasteiger partial charge in [-0.2, -0.15) is 0 Å². The molecular weight excluding hydrogens is 1290 g/mol. The Morgan fingerprint density at radius 1 is 0.283 bits per heavy atom. The lowest BCUT2D eigenvalue weighted by Crippen LogP contribution is -2.30. The zero-order valence-corrected chi connectivity index (χ0v) is 65.7. The third-order valence-electron chi connectivity index (χ3n) is 18.2. The smallest absolute Gasteiger partial charge is 0.462 e. The molecule has 0 heterocycles. The Hall–Kier alpha value is -2.46. The van der Waals surface area contributed by atoms with E-state index in [2.05, 4.69) is 52.0 Å². The number of esters is 4. The van der Waals surface area contributed by atoms with Gasteiger partial charge in [0.15, 0.2) is 12.2 Å². The van der Waals surface area contributed by atoms with E-state index in [-0.39, 0.29) is 25.7 Å². The maximum Gasteiger partial charge on any atom is 0.472 e. The molecule has 19 heteroatoms. The Balaban J connectivity index is 5.29. The number of phosphoric acid groups is 2. The molecule has 5 atom stereocenters. The molecule has 0 saturated heterocycles. The first-order chi connectivity index (χ1) is 48.2. The summed E-state index contributed by atoms with van der Waals surface area (Å²) < 4.78 is 68.7. The number of hydrogen-bond acceptors (Lipinski definition) is 15. The fraction of sp³-hybridized carbons (Fsp3) is 0.900. The summed E-state index contributed by atoms with van der Waals surface area (Å²) in [5.41, 5.74) is 0. The van der Waals surface area contributed by atoms with Gasteiger partial charge in [-0.05, 0) is 51.4 Å². The first kappa shape index (κ1) is 96.5. The summed E-state index contributed by atoms with van der Waals surface area (Å²) in [5.74, 6) is -2.13. The Kier molecular flexibility index (Phi) is 72.0. The second kappa shape index (κ2) is 73.8. The van der Waals surface area contributed by atoms with Crippen molar-refractivity contribution in [2.24, 2.45) is 0 Å². The van der Waals surface area contributed by atoms with Crippen molar-refractivity contribution >= 4 is 39.5 Å². The van der Waals surface area contributed by atoms with Crippen LogP contribution in [0.3, 0.4) is 0 Å². The standard InChI is InChI=1S/C80H152O17P2/c1-5-9-13-17-21-25-29-33-35-36-37-39-43-47-51-55-59-63-67-80(85)97-76(71-91-78(83)65-61-57-53-49-45-42-38-34-30-26-22-18-14-10-6-2)73-95-99(88,89)93-69-74(81)68-92-98(86,87)94-72-75(96-79(84)66-62-58-54-50-46-41-32-28-24-20-16-12-8-4)70-90-77(82)64-60-56-52-48-44-40-31-27-23-19-15-11-7-3/h26,30,34,38,74-76,81H,5-25,27-29,31-33,35-37,39-73H2,1-4H3,(H,86,87)(H,88,89)/b30-26-,38-34-/t74-,75+,76+/m0/s1. The van der Waals surface area contributed by atoms with Gasteiger partial charge in [-0.15, -0.1) is 0 Å². The number of aliphatic hydroxyl groups is 1. The maximum absolute atomic E-state index is 13.1. The predicted octanol–water partition coefficient (Wildman–Crippen LogP) is 23.7. The van der Waals surface area contributed by atoms with E-state index in [0.717, 1.165) is 109 Å². The Bertz CT molecular complexity index is 1970. The van der Waals surface area contributed by atoms with Gasteiger partial charge in [0, 0.05) is 25.7 Å². The SMILES string of the molecule is CCCCCC/C=C\C=C/CCCCCCCC(=O)OC[C@H](COP(=O)(O)OC[C@@H](O)COP(=O)(O)OC[C@@H](COC(=O)CCCCCCCCCCCCCCC)OC(=O)CCCCCCCCCCCCCCC)OC(=O)CCCCCCCCCCCCCCCCCCCC. The van der Waals surface area contributed by atoms with Gasteiger partial charge in [0.1, 0.15) is 19.3 Å². The highest BCUT2D eigenvalue weighted by Gasteiger charge is 2.30. The molecule has 0 saturated carbocycles. The highest BCUT2D eigenvalue weighted by atomic mass is 31.2. The molecule has 0 rings (SSSR count). The van der Waals surface area contributed by atoms with Gasteiger partial charge in [0.2, 0.25) is 0 Å². The first-order valence-corrected chi connectivity index (χ1v) is 44.1. The van der Waals surface area contributed by atoms with Crippen LogP contribution in [-0.2, 0) is 65.4 Å². The van der Waals surface area contributed by atoms with Crippen molar-refractivity contribution < 1.29 is 80.2 Å². The first-order valence-electron chi connectivity index (χ1n) is 41.1. The highest BCUT2D eigenvalue weighted by molar-refractivity contribution is 7.47. The lowest BCUT2D eigenvalue weighted by atomic mass is 10.0. The summed E-state index contributed by atoms with van der Waals surface area (Å²) in [7, 11) is -9.93. The van der Waals surface area contributed by atoms with Crippen LogP contribution in [-0.4, -0.2) is 96.7 Å². The van der Waals surface area contributed by atoms with Crippen molar-refractivity contribution in [1.29, 1.82) is 0 Å². The Morgan fingerprint density at radius 3 is 0.737 bits per heavy atom. The van der Waals surface area contributed by atoms with Crippen LogP contribution in [0.4, 0.5) is 0 Å². The lowest BCUT2D eigenvalue weighted by Gasteiger charge is -2.21. The molecule has 584 valence electrons. The van der Waals surface area contributed by atoms with Crippen molar-refractivity contribution in [3.63, 3.8) is 0 Å². The number of allylic oxidation sites excluding steroid dienone is 4. The average Bonchev–Trinajstić information content (AvgIpc) is 1.03. The monoisotopic (exact) mass is 1450 g/mol. The van der Waals surface area contributed by atoms with E-state index < -0.39 is 97.5 Å². The minimum absolute atomic E-state index is 0.102. The van der Waals surface area contributed by atoms with Crippen LogP contribution in [0.25, 0.3) is 0 Å². The number of carbonyl (C=O) groups is 4. The third kappa shape index (κ3) is 73.6. The molecule has 0 aliphatic carbocycles. The normalized spacial score (nSPS) is 14.0. The van der Waals surface area contributed by atoms with E-state index in [4.69, 9.17) is 37.0 Å². The van der Waals surface area contributed by atoms with Gasteiger partial charge in [0.25, 0.3) is 0 Å². The zero-order chi connectivity index (χ0) is 72.5. The van der Waals surface area contributed by atoms with Crippen molar-refractivity contribution in [1.82, 2.24) is 0 Å². The molecule has 99 heavy (non-hydrogen) atoms. The number of carbonyl (C=O) groups excluding carboxylic acids is 4. The maximum atomic E-state index is 13.1. The molecule has 3 N–H and O–H groups in total. The summed E-state index contributed by atoms with van der Waals surface area (Å²) in [6, 6.07) is 0. The topological polar surface area (TPSA) is 237 Å². The van der Waals surface area contributed by atoms with Gasteiger partial charge in [0.05, 0.1) is 26.4 Å².